The number of aromatic nitrogens is 1. The lowest BCUT2D eigenvalue weighted by Gasteiger charge is -2.22. The average Bonchev–Trinajstić information content (AvgIpc) is 3.51. The molecule has 7 nitrogen and oxygen atoms in total. The molecule has 3 rings (SSSR count). The lowest BCUT2D eigenvalue weighted by molar-refractivity contribution is -0.384. The lowest BCUT2D eigenvalue weighted by Crippen LogP contribution is -2.33. The molecule has 1 aliphatic rings. The van der Waals surface area contributed by atoms with Crippen molar-refractivity contribution in [3.63, 3.8) is 0 Å². The maximum Gasteiger partial charge on any atom is 0.293 e. The monoisotopic (exact) mass is 368 g/mol. The molecule has 0 saturated heterocycles. The Kier molecular flexibility index (Phi) is 5.69. The van der Waals surface area contributed by atoms with Gasteiger partial charge in [-0.2, -0.15) is 0 Å². The molecule has 142 valence electrons. The van der Waals surface area contributed by atoms with Gasteiger partial charge < -0.3 is 10.2 Å². The van der Waals surface area contributed by atoms with E-state index in [2.05, 4.69) is 10.3 Å². The number of carbonyl (C=O) groups is 1. The van der Waals surface area contributed by atoms with Crippen molar-refractivity contribution in [3.8, 4) is 0 Å². The van der Waals surface area contributed by atoms with Gasteiger partial charge in [-0.1, -0.05) is 13.0 Å². The van der Waals surface area contributed by atoms with Gasteiger partial charge in [0.25, 0.3) is 11.6 Å². The number of pyridine rings is 1. The number of anilines is 1. The lowest BCUT2D eigenvalue weighted by atomic mass is 10.1. The summed E-state index contributed by atoms with van der Waals surface area (Å²) in [7, 11) is 0. The van der Waals surface area contributed by atoms with Gasteiger partial charge in [-0.05, 0) is 50.5 Å². The Morgan fingerprint density at radius 2 is 2.15 bits per heavy atom. The van der Waals surface area contributed by atoms with Crippen LogP contribution in [0.25, 0.3) is 0 Å². The van der Waals surface area contributed by atoms with Gasteiger partial charge in [-0.3, -0.25) is 19.9 Å². The van der Waals surface area contributed by atoms with Gasteiger partial charge in [-0.25, -0.2) is 0 Å². The SMILES string of the molecule is CCCN(C(=O)c1ccc(N[C@H](C)c2ccccn2)c([N+](=O)[O-])c1)C1CC1. The fourth-order valence-electron chi connectivity index (χ4n) is 3.12. The number of amides is 1. The van der Waals surface area contributed by atoms with E-state index in [1.165, 1.54) is 6.07 Å². The van der Waals surface area contributed by atoms with Gasteiger partial charge in [0, 0.05) is 30.4 Å². The fourth-order valence-corrected chi connectivity index (χ4v) is 3.12. The van der Waals surface area contributed by atoms with E-state index in [-0.39, 0.29) is 23.7 Å². The molecule has 1 heterocycles. The van der Waals surface area contributed by atoms with E-state index >= 15 is 0 Å². The van der Waals surface area contributed by atoms with Gasteiger partial charge in [0.15, 0.2) is 0 Å². The van der Waals surface area contributed by atoms with Crippen LogP contribution in [0.2, 0.25) is 0 Å². The van der Waals surface area contributed by atoms with Crippen LogP contribution >= 0.6 is 0 Å². The predicted octanol–water partition coefficient (Wildman–Crippen LogP) is 4.18. The number of hydrogen-bond donors (Lipinski definition) is 1. The first-order valence-electron chi connectivity index (χ1n) is 9.28. The van der Waals surface area contributed by atoms with Crippen LogP contribution in [0.3, 0.4) is 0 Å². The summed E-state index contributed by atoms with van der Waals surface area (Å²) in [5.74, 6) is -0.133. The molecule has 7 heteroatoms. The summed E-state index contributed by atoms with van der Waals surface area (Å²) < 4.78 is 0. The number of hydrogen-bond acceptors (Lipinski definition) is 5. The minimum atomic E-state index is -0.453. The van der Waals surface area contributed by atoms with Crippen LogP contribution in [0.5, 0.6) is 0 Å². The summed E-state index contributed by atoms with van der Waals surface area (Å²) in [6, 6.07) is 10.3. The zero-order valence-electron chi connectivity index (χ0n) is 15.6. The summed E-state index contributed by atoms with van der Waals surface area (Å²) in [6.45, 7) is 4.59. The Bertz CT molecular complexity index is 821. The van der Waals surface area contributed by atoms with E-state index in [9.17, 15) is 14.9 Å². The summed E-state index contributed by atoms with van der Waals surface area (Å²) >= 11 is 0. The van der Waals surface area contributed by atoms with E-state index in [1.54, 1.807) is 18.3 Å². The van der Waals surface area contributed by atoms with Gasteiger partial charge in [0.05, 0.1) is 16.7 Å². The first-order chi connectivity index (χ1) is 13.0. The van der Waals surface area contributed by atoms with E-state index in [1.807, 2.05) is 36.9 Å². The number of carbonyl (C=O) groups excluding carboxylic acids is 1. The van der Waals surface area contributed by atoms with Crippen LogP contribution in [-0.4, -0.2) is 33.3 Å². The Morgan fingerprint density at radius 1 is 1.37 bits per heavy atom. The third-order valence-electron chi connectivity index (χ3n) is 4.66. The molecule has 1 atom stereocenters. The number of nitro benzene ring substituents is 1. The highest BCUT2D eigenvalue weighted by Gasteiger charge is 2.33. The van der Waals surface area contributed by atoms with Gasteiger partial charge >= 0.3 is 0 Å². The highest BCUT2D eigenvalue weighted by Crippen LogP contribution is 2.32. The summed E-state index contributed by atoms with van der Waals surface area (Å²) in [6.07, 6.45) is 4.57. The van der Waals surface area contributed by atoms with Crippen LogP contribution in [-0.2, 0) is 0 Å². The van der Waals surface area contributed by atoms with E-state index in [0.29, 0.717) is 17.8 Å². The molecule has 1 aliphatic carbocycles. The zero-order chi connectivity index (χ0) is 19.4. The first kappa shape index (κ1) is 18.8. The topological polar surface area (TPSA) is 88.4 Å². The number of nitrogens with zero attached hydrogens (tertiary/aromatic N) is 3. The fraction of sp³-hybridized carbons (Fsp3) is 0.400. The maximum atomic E-state index is 12.8. The minimum absolute atomic E-state index is 0.101. The number of nitro groups is 1. The van der Waals surface area contributed by atoms with Crippen LogP contribution in [0, 0.1) is 10.1 Å². The Labute approximate surface area is 158 Å². The zero-order valence-corrected chi connectivity index (χ0v) is 15.6. The van der Waals surface area contributed by atoms with Crippen LogP contribution in [0.1, 0.15) is 55.2 Å². The van der Waals surface area contributed by atoms with Gasteiger partial charge in [0.1, 0.15) is 5.69 Å². The standard InChI is InChI=1S/C20H24N4O3/c1-3-12-23(16-8-9-16)20(25)15-7-10-18(19(13-15)24(26)27)22-14(2)17-6-4-5-11-21-17/h4-7,10-11,13-14,16,22H,3,8-9,12H2,1-2H3/t14-/m1/s1. The molecule has 2 aromatic rings. The molecule has 0 aliphatic heterocycles. The molecule has 27 heavy (non-hydrogen) atoms. The van der Waals surface area contributed by atoms with Crippen LogP contribution in [0.4, 0.5) is 11.4 Å². The number of nitrogens with one attached hydrogen (secondary N) is 1. The molecular formula is C20H24N4O3. The Hall–Kier alpha value is -2.96. The van der Waals surface area contributed by atoms with E-state index < -0.39 is 4.92 Å². The predicted molar refractivity (Wildman–Crippen MR) is 104 cm³/mol. The minimum Gasteiger partial charge on any atom is -0.371 e. The second-order valence-electron chi connectivity index (χ2n) is 6.84. The maximum absolute atomic E-state index is 12.8. The summed E-state index contributed by atoms with van der Waals surface area (Å²) in [4.78, 5) is 30.1. The first-order valence-corrected chi connectivity index (χ1v) is 9.28. The third kappa shape index (κ3) is 4.42. The summed E-state index contributed by atoms with van der Waals surface area (Å²) in [5, 5.41) is 14.7. The van der Waals surface area contributed by atoms with E-state index in [4.69, 9.17) is 0 Å². The van der Waals surface area contributed by atoms with Crippen molar-refractivity contribution in [2.45, 2.75) is 45.2 Å². The number of benzene rings is 1. The van der Waals surface area contributed by atoms with Gasteiger partial charge in [0.2, 0.25) is 0 Å². The Balaban J connectivity index is 1.84. The van der Waals surface area contributed by atoms with E-state index in [0.717, 1.165) is 25.0 Å². The number of rotatable bonds is 8. The molecule has 0 unspecified atom stereocenters. The quantitative estimate of drug-likeness (QED) is 0.558. The molecule has 1 saturated carbocycles. The smallest absolute Gasteiger partial charge is 0.293 e. The van der Waals surface area contributed by atoms with Crippen LogP contribution < -0.4 is 5.32 Å². The average molecular weight is 368 g/mol. The largest absolute Gasteiger partial charge is 0.371 e. The molecule has 0 spiro atoms. The van der Waals surface area contributed by atoms with Crippen molar-refractivity contribution in [3.05, 3.63) is 64.0 Å². The van der Waals surface area contributed by atoms with Crippen molar-refractivity contribution >= 4 is 17.3 Å². The second kappa shape index (κ2) is 8.16. The second-order valence-corrected chi connectivity index (χ2v) is 6.84. The van der Waals surface area contributed by atoms with Crippen molar-refractivity contribution in [2.75, 3.05) is 11.9 Å². The Morgan fingerprint density at radius 3 is 2.74 bits per heavy atom. The normalized spacial score (nSPS) is 14.4. The molecule has 1 fully saturated rings. The summed E-state index contributed by atoms with van der Waals surface area (Å²) in [5.41, 5.74) is 1.42. The van der Waals surface area contributed by atoms with Crippen molar-refractivity contribution < 1.29 is 9.72 Å². The molecule has 1 aromatic heterocycles. The van der Waals surface area contributed by atoms with Crippen molar-refractivity contribution in [1.29, 1.82) is 0 Å². The van der Waals surface area contributed by atoms with Crippen LogP contribution in [0.15, 0.2) is 42.6 Å². The molecular weight excluding hydrogens is 344 g/mol. The molecule has 0 radical (unpaired) electrons. The van der Waals surface area contributed by atoms with Crippen molar-refractivity contribution in [1.82, 2.24) is 9.88 Å². The van der Waals surface area contributed by atoms with Crippen molar-refractivity contribution in [2.24, 2.45) is 0 Å². The molecule has 0 bridgehead atoms. The molecule has 1 amide bonds. The highest BCUT2D eigenvalue weighted by molar-refractivity contribution is 5.96. The highest BCUT2D eigenvalue weighted by atomic mass is 16.6. The third-order valence-corrected chi connectivity index (χ3v) is 4.66. The van der Waals surface area contributed by atoms with Gasteiger partial charge in [-0.15, -0.1) is 0 Å². The molecule has 1 N–H and O–H groups in total. The molecule has 1 aromatic carbocycles.